The van der Waals surface area contributed by atoms with Gasteiger partial charge in [0.2, 0.25) is 23.6 Å². The van der Waals surface area contributed by atoms with Crippen molar-refractivity contribution in [3.05, 3.63) is 65.9 Å². The average molecular weight is 678 g/mol. The molecule has 13 nitrogen and oxygen atoms in total. The van der Waals surface area contributed by atoms with Crippen molar-refractivity contribution in [3.63, 3.8) is 0 Å². The molecule has 3 heterocycles. The van der Waals surface area contributed by atoms with Gasteiger partial charge in [0.05, 0.1) is 18.7 Å². The molecule has 49 heavy (non-hydrogen) atoms. The fourth-order valence-electron chi connectivity index (χ4n) is 6.45. The highest BCUT2D eigenvalue weighted by Gasteiger charge is 2.43. The number of carbonyl (C=O) groups is 5. The predicted molar refractivity (Wildman–Crippen MR) is 180 cm³/mol. The highest BCUT2D eigenvalue weighted by Crippen LogP contribution is 2.29. The largest absolute Gasteiger partial charge is 0.457 e. The van der Waals surface area contributed by atoms with Gasteiger partial charge in [0.1, 0.15) is 17.8 Å². The van der Waals surface area contributed by atoms with Crippen LogP contribution in [0.1, 0.15) is 35.2 Å². The maximum atomic E-state index is 16.1. The number of amides is 5. The first-order valence-electron chi connectivity index (χ1n) is 16.4. The van der Waals surface area contributed by atoms with Gasteiger partial charge in [-0.25, -0.2) is 0 Å². The molecule has 14 heteroatoms. The lowest BCUT2D eigenvalue weighted by Crippen LogP contribution is -2.49. The van der Waals surface area contributed by atoms with E-state index >= 15 is 4.39 Å². The lowest BCUT2D eigenvalue weighted by atomic mass is 10.1. The van der Waals surface area contributed by atoms with Crippen LogP contribution in [0.3, 0.4) is 0 Å². The summed E-state index contributed by atoms with van der Waals surface area (Å²) in [6, 6.07) is 11.3. The van der Waals surface area contributed by atoms with Gasteiger partial charge < -0.3 is 40.0 Å². The van der Waals surface area contributed by atoms with Gasteiger partial charge in [0, 0.05) is 56.7 Å². The number of fused-ring (bicyclic) bond motifs is 3. The Morgan fingerprint density at radius 2 is 1.78 bits per heavy atom. The zero-order valence-electron chi connectivity index (χ0n) is 28.3. The highest BCUT2D eigenvalue weighted by molar-refractivity contribution is 5.99. The molecule has 1 aromatic heterocycles. The number of nitrogens with one attached hydrogen (secondary N) is 3. The molecule has 1 fully saturated rings. The van der Waals surface area contributed by atoms with Gasteiger partial charge in [0.25, 0.3) is 12.3 Å². The topological polar surface area (TPSA) is 147 Å². The summed E-state index contributed by atoms with van der Waals surface area (Å²) in [4.78, 5) is 75.5. The first-order chi connectivity index (χ1) is 23.4. The van der Waals surface area contributed by atoms with E-state index < -0.39 is 48.1 Å². The van der Waals surface area contributed by atoms with Crippen molar-refractivity contribution in [1.29, 1.82) is 0 Å². The van der Waals surface area contributed by atoms with Gasteiger partial charge in [-0.05, 0) is 57.1 Å². The Bertz CT molecular complexity index is 1700. The third-order valence-corrected chi connectivity index (χ3v) is 9.04. The first kappa shape index (κ1) is 35.3. The number of carbonyl (C=O) groups excluding carboxylic acids is 5. The van der Waals surface area contributed by atoms with Crippen molar-refractivity contribution >= 4 is 40.4 Å². The molecule has 262 valence electrons. The SMILES string of the molecule is CN(C)CC(=O)N[C@H]1C[C@H]2C(F)Oc3ccccc3C(=O)N(C)[C@H](C(=O)NCCc3c[nH]c4ccccc34)CCC(=O)N(C)CC(=O)N2C1. The van der Waals surface area contributed by atoms with Crippen molar-refractivity contribution in [2.24, 2.45) is 0 Å². The van der Waals surface area contributed by atoms with E-state index in [0.29, 0.717) is 13.0 Å². The number of ether oxygens (including phenoxy) is 1. The van der Waals surface area contributed by atoms with Gasteiger partial charge in [-0.1, -0.05) is 30.3 Å². The summed E-state index contributed by atoms with van der Waals surface area (Å²) >= 11 is 0. The van der Waals surface area contributed by atoms with Crippen LogP contribution in [-0.4, -0.2) is 133 Å². The van der Waals surface area contributed by atoms with Crippen molar-refractivity contribution in [2.45, 2.75) is 50.2 Å². The standard InChI is InChI=1S/C35H44FN7O6/c1-40(2)20-30(44)39-23-17-28-33(36)49-29-12-8-6-10-25(29)35(48)42(4)27(13-14-31(45)41(3)21-32(46)43(28)19-23)34(47)37-16-15-22-18-38-26-11-7-5-9-24(22)26/h5-12,18,23,27-28,33,38H,13-17,19-21H2,1-4H3,(H,37,47)(H,39,44)/t23-,27-,28-,33?/m0/s1. The van der Waals surface area contributed by atoms with Gasteiger partial charge in [-0.3, -0.25) is 24.0 Å². The van der Waals surface area contributed by atoms with Crippen molar-refractivity contribution < 1.29 is 33.1 Å². The number of nitrogens with zero attached hydrogens (tertiary/aromatic N) is 4. The summed E-state index contributed by atoms with van der Waals surface area (Å²) in [5.41, 5.74) is 2.04. The fourth-order valence-corrected chi connectivity index (χ4v) is 6.45. The molecule has 1 saturated heterocycles. The Hall–Kier alpha value is -4.98. The van der Waals surface area contributed by atoms with E-state index in [2.05, 4.69) is 15.6 Å². The molecule has 5 rings (SSSR count). The summed E-state index contributed by atoms with van der Waals surface area (Å²) < 4.78 is 21.9. The molecule has 0 radical (unpaired) electrons. The summed E-state index contributed by atoms with van der Waals surface area (Å²) in [5.74, 6) is -2.30. The average Bonchev–Trinajstić information content (AvgIpc) is 3.68. The zero-order valence-corrected chi connectivity index (χ0v) is 28.3. The molecule has 3 aromatic rings. The number of hydrogen-bond acceptors (Lipinski definition) is 7. The molecule has 0 saturated carbocycles. The number of aromatic amines is 1. The number of benzene rings is 2. The molecule has 2 aliphatic rings. The second-order valence-electron chi connectivity index (χ2n) is 12.9. The van der Waals surface area contributed by atoms with Gasteiger partial charge in [0.15, 0.2) is 0 Å². The van der Waals surface area contributed by atoms with Crippen LogP contribution in [0.2, 0.25) is 0 Å². The summed E-state index contributed by atoms with van der Waals surface area (Å²) in [5, 5.41) is 6.82. The van der Waals surface area contributed by atoms with Crippen LogP contribution in [0, 0.1) is 0 Å². The second kappa shape index (κ2) is 15.5. The maximum Gasteiger partial charge on any atom is 0.258 e. The smallest absolute Gasteiger partial charge is 0.258 e. The van der Waals surface area contributed by atoms with Gasteiger partial charge in [-0.2, -0.15) is 4.39 Å². The van der Waals surface area contributed by atoms with Gasteiger partial charge in [-0.15, -0.1) is 0 Å². The third-order valence-electron chi connectivity index (χ3n) is 9.04. The Labute approximate surface area is 284 Å². The van der Waals surface area contributed by atoms with E-state index in [4.69, 9.17) is 4.74 Å². The molecular weight excluding hydrogens is 633 g/mol. The number of para-hydroxylation sites is 2. The van der Waals surface area contributed by atoms with Crippen molar-refractivity contribution in [3.8, 4) is 5.75 Å². The van der Waals surface area contributed by atoms with E-state index in [1.807, 2.05) is 30.5 Å². The Morgan fingerprint density at radius 1 is 1.04 bits per heavy atom. The van der Waals surface area contributed by atoms with Crippen LogP contribution in [0.15, 0.2) is 54.7 Å². The first-order valence-corrected chi connectivity index (χ1v) is 16.4. The van der Waals surface area contributed by atoms with Crippen LogP contribution in [0.5, 0.6) is 5.75 Å². The van der Waals surface area contributed by atoms with E-state index in [1.165, 1.54) is 40.9 Å². The lowest BCUT2D eigenvalue weighted by Gasteiger charge is -2.29. The van der Waals surface area contributed by atoms with E-state index in [9.17, 15) is 24.0 Å². The molecule has 4 atom stereocenters. The van der Waals surface area contributed by atoms with Gasteiger partial charge >= 0.3 is 0 Å². The van der Waals surface area contributed by atoms with E-state index in [0.717, 1.165) is 16.5 Å². The highest BCUT2D eigenvalue weighted by atomic mass is 19.1. The number of H-pyrrole nitrogens is 1. The predicted octanol–water partition coefficient (Wildman–Crippen LogP) is 1.54. The minimum atomic E-state index is -2.06. The summed E-state index contributed by atoms with van der Waals surface area (Å²) in [7, 11) is 6.42. The molecule has 3 N–H and O–H groups in total. The van der Waals surface area contributed by atoms with E-state index in [1.54, 1.807) is 31.1 Å². The monoisotopic (exact) mass is 677 g/mol. The Kier molecular flexibility index (Phi) is 11.2. The number of alkyl halides is 1. The lowest BCUT2D eigenvalue weighted by molar-refractivity contribution is -0.142. The summed E-state index contributed by atoms with van der Waals surface area (Å²) in [6.45, 7) is 0.0957. The molecule has 1 unspecified atom stereocenters. The Balaban J connectivity index is 1.37. The summed E-state index contributed by atoms with van der Waals surface area (Å²) in [6.07, 6.45) is 0.302. The minimum absolute atomic E-state index is 0.0143. The second-order valence-corrected chi connectivity index (χ2v) is 12.9. The zero-order chi connectivity index (χ0) is 35.2. The van der Waals surface area contributed by atoms with Crippen molar-refractivity contribution in [1.82, 2.24) is 35.2 Å². The molecule has 0 bridgehead atoms. The number of rotatable bonds is 7. The molecule has 5 amide bonds. The minimum Gasteiger partial charge on any atom is -0.457 e. The van der Waals surface area contributed by atoms with Crippen LogP contribution in [0.4, 0.5) is 4.39 Å². The molecule has 0 aliphatic carbocycles. The quantitative estimate of drug-likeness (QED) is 0.344. The normalized spacial score (nSPS) is 22.3. The molecule has 0 spiro atoms. The van der Waals surface area contributed by atoms with Crippen molar-refractivity contribution in [2.75, 3.05) is 54.4 Å². The van der Waals surface area contributed by atoms with Crippen LogP contribution >= 0.6 is 0 Å². The Morgan fingerprint density at radius 3 is 2.55 bits per heavy atom. The molecule has 2 aromatic carbocycles. The maximum absolute atomic E-state index is 16.1. The van der Waals surface area contributed by atoms with Crippen LogP contribution < -0.4 is 15.4 Å². The van der Waals surface area contributed by atoms with E-state index in [-0.39, 0.29) is 56.1 Å². The molecular formula is C35H44FN7O6. The third kappa shape index (κ3) is 8.37. The van der Waals surface area contributed by atoms with Crippen LogP contribution in [0.25, 0.3) is 10.9 Å². The fraction of sp³-hybridized carbons (Fsp3) is 0.457. The van der Waals surface area contributed by atoms with Crippen LogP contribution in [-0.2, 0) is 25.6 Å². The number of halogens is 1. The number of aromatic nitrogens is 1. The molecule has 2 aliphatic heterocycles. The number of hydrogen-bond donors (Lipinski definition) is 3. The number of likely N-dealkylation sites (N-methyl/N-ethyl adjacent to an activating group) is 3.